The average molecular weight is 277 g/mol. The maximum absolute atomic E-state index is 5.83. The first kappa shape index (κ1) is 15.3. The smallest absolute Gasteiger partial charge is 0.0726 e. The molecule has 2 heterocycles. The van der Waals surface area contributed by atoms with Crippen molar-refractivity contribution in [1.29, 1.82) is 0 Å². The van der Waals surface area contributed by atoms with Crippen LogP contribution in [0.15, 0.2) is 12.3 Å². The van der Waals surface area contributed by atoms with Gasteiger partial charge in [-0.3, -0.25) is 4.98 Å². The highest BCUT2D eigenvalue weighted by Crippen LogP contribution is 2.24. The van der Waals surface area contributed by atoms with Crippen LogP contribution in [0.2, 0.25) is 0 Å². The summed E-state index contributed by atoms with van der Waals surface area (Å²) in [6.45, 7) is 12.4. The number of morpholine rings is 1. The van der Waals surface area contributed by atoms with Crippen LogP contribution in [0.1, 0.15) is 38.4 Å². The van der Waals surface area contributed by atoms with Gasteiger partial charge in [0.1, 0.15) is 0 Å². The topological polar surface area (TPSA) is 37.4 Å². The summed E-state index contributed by atoms with van der Waals surface area (Å²) in [7, 11) is 0. The molecular formula is C16H27N3O. The molecule has 1 aromatic heterocycles. The Bertz CT molecular complexity index is 426. The predicted molar refractivity (Wildman–Crippen MR) is 83.2 cm³/mol. The van der Waals surface area contributed by atoms with Gasteiger partial charge in [-0.2, -0.15) is 0 Å². The molecule has 0 aliphatic carbocycles. The van der Waals surface area contributed by atoms with E-state index in [1.165, 1.54) is 11.3 Å². The van der Waals surface area contributed by atoms with Gasteiger partial charge in [-0.15, -0.1) is 0 Å². The Morgan fingerprint density at radius 3 is 2.70 bits per heavy atom. The van der Waals surface area contributed by atoms with Gasteiger partial charge in [-0.25, -0.2) is 0 Å². The summed E-state index contributed by atoms with van der Waals surface area (Å²) in [6.07, 6.45) is 3.73. The summed E-state index contributed by atoms with van der Waals surface area (Å²) in [6, 6.07) is 2.20. The second kappa shape index (κ2) is 7.04. The molecule has 2 unspecified atom stereocenters. The number of hydrogen-bond donors (Lipinski definition) is 1. The molecule has 0 amide bonds. The van der Waals surface area contributed by atoms with Crippen LogP contribution in [0.4, 0.5) is 5.69 Å². The lowest BCUT2D eigenvalue weighted by molar-refractivity contribution is -0.00527. The Morgan fingerprint density at radius 1 is 1.35 bits per heavy atom. The van der Waals surface area contributed by atoms with Crippen LogP contribution >= 0.6 is 0 Å². The Kier molecular flexibility index (Phi) is 5.38. The zero-order valence-corrected chi connectivity index (χ0v) is 13.1. The number of ether oxygens (including phenoxy) is 1. The third kappa shape index (κ3) is 3.93. The summed E-state index contributed by atoms with van der Waals surface area (Å²) >= 11 is 0. The fraction of sp³-hybridized carbons (Fsp3) is 0.688. The molecule has 4 nitrogen and oxygen atoms in total. The van der Waals surface area contributed by atoms with E-state index in [4.69, 9.17) is 4.74 Å². The molecule has 1 aliphatic rings. The van der Waals surface area contributed by atoms with Crippen LogP contribution in [0.5, 0.6) is 0 Å². The summed E-state index contributed by atoms with van der Waals surface area (Å²) in [5.41, 5.74) is 3.67. The molecule has 20 heavy (non-hydrogen) atoms. The lowest BCUT2D eigenvalue weighted by atomic mass is 10.1. The van der Waals surface area contributed by atoms with Gasteiger partial charge in [0.05, 0.1) is 12.2 Å². The van der Waals surface area contributed by atoms with E-state index in [0.29, 0.717) is 0 Å². The van der Waals surface area contributed by atoms with E-state index in [9.17, 15) is 0 Å². The monoisotopic (exact) mass is 277 g/mol. The highest BCUT2D eigenvalue weighted by molar-refractivity contribution is 5.54. The molecule has 0 aromatic carbocycles. The van der Waals surface area contributed by atoms with Crippen LogP contribution < -0.4 is 10.2 Å². The molecule has 0 bridgehead atoms. The molecule has 2 atom stereocenters. The number of aryl methyl sites for hydroxylation is 1. The first-order valence-corrected chi connectivity index (χ1v) is 7.66. The van der Waals surface area contributed by atoms with E-state index in [0.717, 1.165) is 38.3 Å². The lowest BCUT2D eigenvalue weighted by Crippen LogP contribution is -2.46. The quantitative estimate of drug-likeness (QED) is 0.839. The van der Waals surface area contributed by atoms with E-state index >= 15 is 0 Å². The van der Waals surface area contributed by atoms with Crippen molar-refractivity contribution in [2.45, 2.75) is 52.9 Å². The molecule has 4 heteroatoms. The van der Waals surface area contributed by atoms with Crippen LogP contribution in [-0.4, -0.2) is 36.8 Å². The first-order chi connectivity index (χ1) is 9.60. The standard InChI is InChI=1S/C16H27N3O/c1-5-6-17-8-15-9-18-12(2)7-16(15)19-10-13(3)20-14(4)11-19/h7,9,13-14,17H,5-6,8,10-11H2,1-4H3. The second-order valence-corrected chi connectivity index (χ2v) is 5.79. The van der Waals surface area contributed by atoms with E-state index in [-0.39, 0.29) is 12.2 Å². The molecule has 0 spiro atoms. The lowest BCUT2D eigenvalue weighted by Gasteiger charge is -2.37. The Labute approximate surface area is 122 Å². The molecule has 1 aliphatic heterocycles. The van der Waals surface area contributed by atoms with Crippen molar-refractivity contribution in [2.75, 3.05) is 24.5 Å². The van der Waals surface area contributed by atoms with E-state index in [2.05, 4.69) is 49.0 Å². The van der Waals surface area contributed by atoms with Crippen molar-refractivity contribution in [3.8, 4) is 0 Å². The molecular weight excluding hydrogens is 250 g/mol. The molecule has 112 valence electrons. The van der Waals surface area contributed by atoms with Crippen molar-refractivity contribution in [1.82, 2.24) is 10.3 Å². The molecule has 0 saturated carbocycles. The van der Waals surface area contributed by atoms with Crippen molar-refractivity contribution in [2.24, 2.45) is 0 Å². The Balaban J connectivity index is 2.17. The summed E-state index contributed by atoms with van der Waals surface area (Å²) in [4.78, 5) is 6.89. The van der Waals surface area contributed by atoms with Crippen LogP contribution in [-0.2, 0) is 11.3 Å². The third-order valence-corrected chi connectivity index (χ3v) is 3.60. The fourth-order valence-electron chi connectivity index (χ4n) is 2.78. The molecule has 1 aromatic rings. The minimum atomic E-state index is 0.281. The zero-order chi connectivity index (χ0) is 14.5. The predicted octanol–water partition coefficient (Wildman–Crippen LogP) is 2.50. The van der Waals surface area contributed by atoms with Crippen molar-refractivity contribution >= 4 is 5.69 Å². The van der Waals surface area contributed by atoms with Gasteiger partial charge in [0.2, 0.25) is 0 Å². The molecule has 0 radical (unpaired) electrons. The maximum atomic E-state index is 5.83. The number of hydrogen-bond acceptors (Lipinski definition) is 4. The number of pyridine rings is 1. The Morgan fingerprint density at radius 2 is 2.05 bits per heavy atom. The third-order valence-electron chi connectivity index (χ3n) is 3.60. The highest BCUT2D eigenvalue weighted by Gasteiger charge is 2.24. The van der Waals surface area contributed by atoms with Gasteiger partial charge in [-0.05, 0) is 39.8 Å². The SMILES string of the molecule is CCCNCc1cnc(C)cc1N1CC(C)OC(C)C1. The normalized spacial score (nSPS) is 23.1. The number of rotatable bonds is 5. The van der Waals surface area contributed by atoms with Gasteiger partial charge in [0, 0.05) is 42.8 Å². The van der Waals surface area contributed by atoms with E-state index in [1.807, 2.05) is 6.20 Å². The van der Waals surface area contributed by atoms with Gasteiger partial charge in [0.25, 0.3) is 0 Å². The fourth-order valence-corrected chi connectivity index (χ4v) is 2.78. The first-order valence-electron chi connectivity index (χ1n) is 7.66. The minimum Gasteiger partial charge on any atom is -0.372 e. The zero-order valence-electron chi connectivity index (χ0n) is 13.1. The van der Waals surface area contributed by atoms with Crippen LogP contribution in [0, 0.1) is 6.92 Å². The molecule has 2 rings (SSSR count). The van der Waals surface area contributed by atoms with E-state index < -0.39 is 0 Å². The van der Waals surface area contributed by atoms with E-state index in [1.54, 1.807) is 0 Å². The van der Waals surface area contributed by atoms with Crippen LogP contribution in [0.25, 0.3) is 0 Å². The minimum absolute atomic E-state index is 0.281. The van der Waals surface area contributed by atoms with Crippen molar-refractivity contribution in [3.63, 3.8) is 0 Å². The number of anilines is 1. The highest BCUT2D eigenvalue weighted by atomic mass is 16.5. The molecule has 1 N–H and O–H groups in total. The van der Waals surface area contributed by atoms with Gasteiger partial charge < -0.3 is 15.0 Å². The summed E-state index contributed by atoms with van der Waals surface area (Å²) in [5, 5.41) is 3.47. The van der Waals surface area contributed by atoms with Gasteiger partial charge in [0.15, 0.2) is 0 Å². The largest absolute Gasteiger partial charge is 0.372 e. The molecule has 1 fully saturated rings. The summed E-state index contributed by atoms with van der Waals surface area (Å²) in [5.74, 6) is 0. The number of aromatic nitrogens is 1. The maximum Gasteiger partial charge on any atom is 0.0726 e. The number of nitrogens with zero attached hydrogens (tertiary/aromatic N) is 2. The number of nitrogens with one attached hydrogen (secondary N) is 1. The van der Waals surface area contributed by atoms with Crippen molar-refractivity contribution in [3.05, 3.63) is 23.5 Å². The summed E-state index contributed by atoms with van der Waals surface area (Å²) < 4.78 is 5.83. The molecule has 1 saturated heterocycles. The van der Waals surface area contributed by atoms with Gasteiger partial charge in [-0.1, -0.05) is 6.92 Å². The second-order valence-electron chi connectivity index (χ2n) is 5.79. The average Bonchev–Trinajstić information content (AvgIpc) is 2.39. The van der Waals surface area contributed by atoms with Crippen LogP contribution in [0.3, 0.4) is 0 Å². The van der Waals surface area contributed by atoms with Gasteiger partial charge >= 0.3 is 0 Å². The van der Waals surface area contributed by atoms with Crippen molar-refractivity contribution < 1.29 is 4.74 Å². The Hall–Kier alpha value is -1.13.